The highest BCUT2D eigenvalue weighted by Gasteiger charge is 2.27. The topological polar surface area (TPSA) is 0 Å². The maximum absolute atomic E-state index is 2.47. The Labute approximate surface area is 404 Å². The maximum Gasteiger partial charge on any atom is 0.0642 e. The molecule has 0 fully saturated rings. The van der Waals surface area contributed by atoms with Gasteiger partial charge in [0.2, 0.25) is 0 Å². The predicted molar refractivity (Wildman–Crippen MR) is 296 cm³/mol. The highest BCUT2D eigenvalue weighted by Crippen LogP contribution is 2.61. The minimum atomic E-state index is 1.22. The fraction of sp³-hybridized carbons (Fsp3) is 0.429. The summed E-state index contributed by atoms with van der Waals surface area (Å²) in [6, 6.07) is 28.9. The molecular formula is C56H64S7. The molecule has 0 spiro atoms. The van der Waals surface area contributed by atoms with Crippen LogP contribution in [0, 0.1) is 0 Å². The molecule has 5 aromatic heterocycles. The first-order chi connectivity index (χ1) is 31.1. The molecule has 0 amide bonds. The van der Waals surface area contributed by atoms with Gasteiger partial charge in [0.05, 0.1) is 28.6 Å². The Kier molecular flexibility index (Phi) is 16.0. The van der Waals surface area contributed by atoms with Crippen LogP contribution in [0.15, 0.2) is 82.6 Å². The van der Waals surface area contributed by atoms with E-state index in [-0.39, 0.29) is 0 Å². The summed E-state index contributed by atoms with van der Waals surface area (Å²) in [5.74, 6) is 0. The van der Waals surface area contributed by atoms with Gasteiger partial charge in [0.15, 0.2) is 0 Å². The van der Waals surface area contributed by atoms with Crippen LogP contribution in [0.1, 0.15) is 153 Å². The zero-order valence-corrected chi connectivity index (χ0v) is 43.6. The fourth-order valence-corrected chi connectivity index (χ4v) is 19.8. The van der Waals surface area contributed by atoms with Gasteiger partial charge < -0.3 is 0 Å². The third kappa shape index (κ3) is 10.3. The number of benzene rings is 4. The molecule has 0 saturated carbocycles. The Morgan fingerprint density at radius 2 is 0.619 bits per heavy atom. The van der Waals surface area contributed by atoms with E-state index in [1.165, 1.54) is 229 Å². The molecule has 0 atom stereocenters. The molecule has 0 unspecified atom stereocenters. The summed E-state index contributed by atoms with van der Waals surface area (Å²) in [7, 11) is 3.95. The summed E-state index contributed by atoms with van der Waals surface area (Å²) < 4.78 is 11.9. The second-order valence-corrected chi connectivity index (χ2v) is 25.3. The fourth-order valence-electron chi connectivity index (χ4n) is 9.27. The lowest BCUT2D eigenvalue weighted by Crippen LogP contribution is -1.85. The van der Waals surface area contributed by atoms with E-state index in [0.29, 0.717) is 0 Å². The SMILES string of the molecule is CCCCCCc1ccc2c(c1)sc1c2sc2c3ccc(CCCCCC)cc3sc21.CCCCCCc1ccc2c3c(sc2c1)-c1sc2cc(CCCCCC)ccc2c1SS3. The minimum Gasteiger partial charge on any atom is -0.133 e. The molecule has 10 rings (SSSR count). The van der Waals surface area contributed by atoms with E-state index in [0.717, 1.165) is 0 Å². The van der Waals surface area contributed by atoms with Gasteiger partial charge in [0.25, 0.3) is 0 Å². The number of thiophene rings is 5. The molecular weight excluding hydrogens is 897 g/mol. The zero-order chi connectivity index (χ0) is 43.1. The Morgan fingerprint density at radius 3 is 0.952 bits per heavy atom. The molecule has 0 bridgehead atoms. The van der Waals surface area contributed by atoms with E-state index < -0.39 is 0 Å². The van der Waals surface area contributed by atoms with Crippen molar-refractivity contribution in [1.82, 2.24) is 0 Å². The van der Waals surface area contributed by atoms with Gasteiger partial charge in [-0.1, -0.05) is 175 Å². The molecule has 7 heteroatoms. The average molecular weight is 962 g/mol. The van der Waals surface area contributed by atoms with Crippen molar-refractivity contribution < 1.29 is 0 Å². The molecule has 0 saturated heterocycles. The first-order valence-corrected chi connectivity index (χ1v) is 30.5. The van der Waals surface area contributed by atoms with Crippen LogP contribution in [0.3, 0.4) is 0 Å². The van der Waals surface area contributed by atoms with Gasteiger partial charge in [0, 0.05) is 50.1 Å². The molecule has 330 valence electrons. The summed E-state index contributed by atoms with van der Waals surface area (Å²) >= 11 is 10.1. The normalized spacial score (nSPS) is 12.6. The number of unbranched alkanes of at least 4 members (excludes halogenated alkanes) is 12. The predicted octanol–water partition coefficient (Wildman–Crippen LogP) is 21.9. The smallest absolute Gasteiger partial charge is 0.0642 e. The maximum atomic E-state index is 2.47. The van der Waals surface area contributed by atoms with Crippen molar-refractivity contribution in [2.24, 2.45) is 0 Å². The largest absolute Gasteiger partial charge is 0.133 e. The number of hydrogen-bond donors (Lipinski definition) is 0. The average Bonchev–Trinajstić information content (AvgIpc) is 4.11. The third-order valence-corrected chi connectivity index (χ3v) is 22.2. The van der Waals surface area contributed by atoms with Crippen molar-refractivity contribution in [2.75, 3.05) is 0 Å². The number of hydrogen-bond acceptors (Lipinski definition) is 7. The number of rotatable bonds is 20. The molecule has 1 aliphatic heterocycles. The van der Waals surface area contributed by atoms with Crippen molar-refractivity contribution >= 4 is 137 Å². The van der Waals surface area contributed by atoms with E-state index in [1.807, 2.05) is 78.3 Å². The lowest BCUT2D eigenvalue weighted by atomic mass is 10.1. The molecule has 1 aliphatic rings. The van der Waals surface area contributed by atoms with Crippen molar-refractivity contribution in [3.05, 3.63) is 95.1 Å². The lowest BCUT2D eigenvalue weighted by Gasteiger charge is -2.11. The first kappa shape index (κ1) is 45.8. The van der Waals surface area contributed by atoms with Crippen molar-refractivity contribution in [1.29, 1.82) is 0 Å². The van der Waals surface area contributed by atoms with Gasteiger partial charge in [-0.05, 0) is 97.9 Å². The highest BCUT2D eigenvalue weighted by molar-refractivity contribution is 8.77. The molecule has 63 heavy (non-hydrogen) atoms. The summed E-state index contributed by atoms with van der Waals surface area (Å²) in [5.41, 5.74) is 6.04. The van der Waals surface area contributed by atoms with Crippen LogP contribution in [-0.4, -0.2) is 0 Å². The van der Waals surface area contributed by atoms with Crippen LogP contribution < -0.4 is 0 Å². The highest BCUT2D eigenvalue weighted by atomic mass is 33.1. The molecule has 0 nitrogen and oxygen atoms in total. The van der Waals surface area contributed by atoms with Crippen LogP contribution in [0.5, 0.6) is 0 Å². The number of aryl methyl sites for hydroxylation is 4. The standard InChI is InChI=1S/C28H32S4.C28H32S3/c1-3-5-7-9-11-19-13-15-21-23(17-19)29-27-25(21)31-32-26-22-16-14-20(12-10-8-6-4-2)18-24(22)30-28(26)27;1-3-5-7-9-11-19-13-15-21-23(17-19)29-27-25(21)31-26-22-16-14-20(12-10-8-6-4-2)18-24(22)30-28(26)27/h13-18H,3-12H2,1-2H3;13-18H,3-12H2,1-2H3. The Bertz CT molecular complexity index is 2730. The second kappa shape index (κ2) is 22.0. The monoisotopic (exact) mass is 960 g/mol. The van der Waals surface area contributed by atoms with E-state index in [4.69, 9.17) is 0 Å². The summed E-state index contributed by atoms with van der Waals surface area (Å²) in [6.07, 6.45) is 26.3. The Balaban J connectivity index is 0.000000160. The second-order valence-electron chi connectivity index (χ2n) is 17.9. The third-order valence-electron chi connectivity index (χ3n) is 12.9. The first-order valence-electron chi connectivity index (χ1n) is 24.3. The van der Waals surface area contributed by atoms with Crippen LogP contribution in [0.4, 0.5) is 0 Å². The van der Waals surface area contributed by atoms with Gasteiger partial charge in [-0.25, -0.2) is 0 Å². The summed E-state index contributed by atoms with van der Waals surface area (Å²) in [6.45, 7) is 9.14. The lowest BCUT2D eigenvalue weighted by molar-refractivity contribution is 0.667. The van der Waals surface area contributed by atoms with Crippen LogP contribution in [-0.2, 0) is 25.7 Å². The van der Waals surface area contributed by atoms with E-state index in [1.54, 1.807) is 0 Å². The van der Waals surface area contributed by atoms with E-state index in [9.17, 15) is 0 Å². The Hall–Kier alpha value is -2.36. The Morgan fingerprint density at radius 1 is 0.302 bits per heavy atom. The molecule has 0 N–H and O–H groups in total. The molecule has 6 heterocycles. The van der Waals surface area contributed by atoms with Gasteiger partial charge in [-0.3, -0.25) is 0 Å². The molecule has 9 aromatic rings. The number of fused-ring (bicyclic) bond motifs is 14. The minimum absolute atomic E-state index is 1.22. The van der Waals surface area contributed by atoms with Crippen LogP contribution in [0.2, 0.25) is 0 Å². The summed E-state index contributed by atoms with van der Waals surface area (Å²) in [4.78, 5) is 6.00. The summed E-state index contributed by atoms with van der Waals surface area (Å²) in [5, 5.41) is 5.84. The molecule has 4 aromatic carbocycles. The van der Waals surface area contributed by atoms with Crippen LogP contribution >= 0.6 is 78.3 Å². The van der Waals surface area contributed by atoms with Gasteiger partial charge in [-0.2, -0.15) is 0 Å². The zero-order valence-electron chi connectivity index (χ0n) is 37.9. The van der Waals surface area contributed by atoms with Crippen molar-refractivity contribution in [2.45, 2.75) is 166 Å². The van der Waals surface area contributed by atoms with E-state index >= 15 is 0 Å². The quantitative estimate of drug-likeness (QED) is 0.0551. The van der Waals surface area contributed by atoms with Crippen LogP contribution in [0.25, 0.3) is 68.9 Å². The van der Waals surface area contributed by atoms with E-state index in [2.05, 4.69) is 100 Å². The van der Waals surface area contributed by atoms with Gasteiger partial charge in [0.1, 0.15) is 0 Å². The molecule has 0 aliphatic carbocycles. The van der Waals surface area contributed by atoms with Crippen molar-refractivity contribution in [3.8, 4) is 9.75 Å². The van der Waals surface area contributed by atoms with Gasteiger partial charge >= 0.3 is 0 Å². The molecule has 0 radical (unpaired) electrons. The van der Waals surface area contributed by atoms with Crippen molar-refractivity contribution in [3.63, 3.8) is 0 Å². The van der Waals surface area contributed by atoms with Gasteiger partial charge in [-0.15, -0.1) is 56.7 Å².